The molecule has 0 fully saturated rings. The Morgan fingerprint density at radius 2 is 1.65 bits per heavy atom. The summed E-state index contributed by atoms with van der Waals surface area (Å²) in [5.74, 6) is 0.390. The standard InChI is InChI=1S/C19H22O/c1-13(2)15-9-11-16(12-10-15)19(4,5)17-8-6-7-14(3)18(17)20/h6-12,20H,1H2,2-5H3. The van der Waals surface area contributed by atoms with E-state index in [1.807, 2.05) is 32.0 Å². The molecule has 0 spiro atoms. The van der Waals surface area contributed by atoms with E-state index >= 15 is 0 Å². The molecule has 1 N–H and O–H groups in total. The minimum absolute atomic E-state index is 0.232. The predicted molar refractivity (Wildman–Crippen MR) is 86.1 cm³/mol. The van der Waals surface area contributed by atoms with Crippen LogP contribution >= 0.6 is 0 Å². The molecule has 0 aliphatic heterocycles. The van der Waals surface area contributed by atoms with Crippen molar-refractivity contribution in [2.75, 3.05) is 0 Å². The summed E-state index contributed by atoms with van der Waals surface area (Å²) in [4.78, 5) is 0. The number of aryl methyl sites for hydroxylation is 1. The van der Waals surface area contributed by atoms with Gasteiger partial charge in [0.1, 0.15) is 5.75 Å². The third-order valence-electron chi connectivity index (χ3n) is 4.01. The van der Waals surface area contributed by atoms with Gasteiger partial charge in [-0.15, -0.1) is 0 Å². The van der Waals surface area contributed by atoms with Crippen LogP contribution in [-0.4, -0.2) is 5.11 Å². The first-order chi connectivity index (χ1) is 9.34. The molecule has 0 atom stereocenters. The lowest BCUT2D eigenvalue weighted by Crippen LogP contribution is -2.19. The van der Waals surface area contributed by atoms with Crippen LogP contribution in [0.5, 0.6) is 5.75 Å². The lowest BCUT2D eigenvalue weighted by molar-refractivity contribution is 0.449. The highest BCUT2D eigenvalue weighted by molar-refractivity contribution is 5.62. The molecular formula is C19H22O. The van der Waals surface area contributed by atoms with E-state index in [2.05, 4.69) is 44.7 Å². The lowest BCUT2D eigenvalue weighted by atomic mass is 9.77. The van der Waals surface area contributed by atoms with Crippen molar-refractivity contribution in [2.24, 2.45) is 0 Å². The zero-order valence-electron chi connectivity index (χ0n) is 12.7. The number of para-hydroxylation sites is 1. The summed E-state index contributed by atoms with van der Waals surface area (Å²) in [6, 6.07) is 14.3. The van der Waals surface area contributed by atoms with Crippen LogP contribution in [0.2, 0.25) is 0 Å². The molecule has 2 aromatic rings. The van der Waals surface area contributed by atoms with Gasteiger partial charge in [-0.05, 0) is 30.5 Å². The Morgan fingerprint density at radius 1 is 1.05 bits per heavy atom. The van der Waals surface area contributed by atoms with Crippen LogP contribution in [0.15, 0.2) is 49.0 Å². The summed E-state index contributed by atoms with van der Waals surface area (Å²) in [6.07, 6.45) is 0. The van der Waals surface area contributed by atoms with Crippen molar-refractivity contribution in [2.45, 2.75) is 33.1 Å². The summed E-state index contributed by atoms with van der Waals surface area (Å²) in [5, 5.41) is 10.3. The Bertz CT molecular complexity index is 633. The number of allylic oxidation sites excluding steroid dienone is 1. The van der Waals surface area contributed by atoms with E-state index in [0.717, 1.165) is 22.3 Å². The van der Waals surface area contributed by atoms with E-state index in [1.54, 1.807) is 0 Å². The van der Waals surface area contributed by atoms with Gasteiger partial charge >= 0.3 is 0 Å². The van der Waals surface area contributed by atoms with Gasteiger partial charge in [-0.2, -0.15) is 0 Å². The van der Waals surface area contributed by atoms with Crippen molar-refractivity contribution in [1.29, 1.82) is 0 Å². The number of phenols is 1. The fourth-order valence-electron chi connectivity index (χ4n) is 2.49. The monoisotopic (exact) mass is 266 g/mol. The Balaban J connectivity index is 2.48. The van der Waals surface area contributed by atoms with E-state index in [-0.39, 0.29) is 5.41 Å². The Kier molecular flexibility index (Phi) is 3.71. The number of rotatable bonds is 3. The molecule has 0 bridgehead atoms. The second kappa shape index (κ2) is 5.16. The van der Waals surface area contributed by atoms with E-state index in [9.17, 15) is 5.11 Å². The van der Waals surface area contributed by atoms with Crippen LogP contribution in [0.1, 0.15) is 43.0 Å². The average molecular weight is 266 g/mol. The molecular weight excluding hydrogens is 244 g/mol. The number of benzene rings is 2. The van der Waals surface area contributed by atoms with Crippen molar-refractivity contribution in [3.63, 3.8) is 0 Å². The second-order valence-electron chi connectivity index (χ2n) is 5.95. The van der Waals surface area contributed by atoms with Crippen molar-refractivity contribution in [3.05, 3.63) is 71.3 Å². The quantitative estimate of drug-likeness (QED) is 0.823. The molecule has 0 aliphatic rings. The van der Waals surface area contributed by atoms with Gasteiger partial charge < -0.3 is 5.11 Å². The average Bonchev–Trinajstić information content (AvgIpc) is 2.41. The summed E-state index contributed by atoms with van der Waals surface area (Å²) >= 11 is 0. The normalized spacial score (nSPS) is 11.4. The van der Waals surface area contributed by atoms with Crippen LogP contribution in [0.25, 0.3) is 5.57 Å². The van der Waals surface area contributed by atoms with Crippen LogP contribution < -0.4 is 0 Å². The van der Waals surface area contributed by atoms with Gasteiger partial charge in [0.15, 0.2) is 0 Å². The van der Waals surface area contributed by atoms with Gasteiger partial charge in [0, 0.05) is 11.0 Å². The van der Waals surface area contributed by atoms with Gasteiger partial charge in [0.25, 0.3) is 0 Å². The molecule has 2 aromatic carbocycles. The van der Waals surface area contributed by atoms with Crippen LogP contribution in [-0.2, 0) is 5.41 Å². The largest absolute Gasteiger partial charge is 0.507 e. The van der Waals surface area contributed by atoms with E-state index in [0.29, 0.717) is 5.75 Å². The molecule has 1 nitrogen and oxygen atoms in total. The molecule has 0 unspecified atom stereocenters. The maximum atomic E-state index is 10.3. The molecule has 0 heterocycles. The fourth-order valence-corrected chi connectivity index (χ4v) is 2.49. The summed E-state index contributed by atoms with van der Waals surface area (Å²) in [6.45, 7) is 12.2. The lowest BCUT2D eigenvalue weighted by Gasteiger charge is -2.27. The van der Waals surface area contributed by atoms with Crippen molar-refractivity contribution < 1.29 is 5.11 Å². The number of hydrogen-bond donors (Lipinski definition) is 1. The minimum Gasteiger partial charge on any atom is -0.507 e. The second-order valence-corrected chi connectivity index (χ2v) is 5.95. The van der Waals surface area contributed by atoms with Crippen molar-refractivity contribution >= 4 is 5.57 Å². The van der Waals surface area contributed by atoms with Gasteiger partial charge in [-0.3, -0.25) is 0 Å². The van der Waals surface area contributed by atoms with E-state index < -0.39 is 0 Å². The van der Waals surface area contributed by atoms with Gasteiger partial charge in [0.2, 0.25) is 0 Å². The zero-order chi connectivity index (χ0) is 14.9. The highest BCUT2D eigenvalue weighted by atomic mass is 16.3. The highest BCUT2D eigenvalue weighted by Crippen LogP contribution is 2.38. The van der Waals surface area contributed by atoms with Crippen LogP contribution in [0, 0.1) is 6.92 Å². The van der Waals surface area contributed by atoms with Crippen molar-refractivity contribution in [3.8, 4) is 5.75 Å². The Morgan fingerprint density at radius 3 is 2.20 bits per heavy atom. The number of hydrogen-bond acceptors (Lipinski definition) is 1. The molecule has 20 heavy (non-hydrogen) atoms. The molecule has 0 aromatic heterocycles. The first kappa shape index (κ1) is 14.4. The fraction of sp³-hybridized carbons (Fsp3) is 0.263. The topological polar surface area (TPSA) is 20.2 Å². The van der Waals surface area contributed by atoms with E-state index in [4.69, 9.17) is 0 Å². The Labute approximate surface area is 121 Å². The molecule has 0 saturated carbocycles. The number of phenolic OH excluding ortho intramolecular Hbond substituents is 1. The molecule has 0 saturated heterocycles. The van der Waals surface area contributed by atoms with E-state index in [1.165, 1.54) is 5.56 Å². The summed E-state index contributed by atoms with van der Waals surface area (Å²) in [5.41, 5.74) is 5.04. The minimum atomic E-state index is -0.232. The predicted octanol–water partition coefficient (Wildman–Crippen LogP) is 5.06. The SMILES string of the molecule is C=C(C)c1ccc(C(C)(C)c2cccc(C)c2O)cc1. The summed E-state index contributed by atoms with van der Waals surface area (Å²) in [7, 11) is 0. The van der Waals surface area contributed by atoms with Gasteiger partial charge in [-0.25, -0.2) is 0 Å². The molecule has 0 aliphatic carbocycles. The smallest absolute Gasteiger partial charge is 0.122 e. The molecule has 2 rings (SSSR count). The summed E-state index contributed by atoms with van der Waals surface area (Å²) < 4.78 is 0. The third kappa shape index (κ3) is 2.49. The Hall–Kier alpha value is -2.02. The molecule has 0 amide bonds. The van der Waals surface area contributed by atoms with Crippen LogP contribution in [0.4, 0.5) is 0 Å². The first-order valence-electron chi connectivity index (χ1n) is 6.89. The molecule has 104 valence electrons. The third-order valence-corrected chi connectivity index (χ3v) is 4.01. The van der Waals surface area contributed by atoms with Gasteiger partial charge in [-0.1, -0.05) is 68.5 Å². The van der Waals surface area contributed by atoms with Gasteiger partial charge in [0.05, 0.1) is 0 Å². The maximum absolute atomic E-state index is 10.3. The highest BCUT2D eigenvalue weighted by Gasteiger charge is 2.26. The zero-order valence-corrected chi connectivity index (χ0v) is 12.7. The van der Waals surface area contributed by atoms with Crippen LogP contribution in [0.3, 0.4) is 0 Å². The molecule has 1 heteroatoms. The molecule has 0 radical (unpaired) electrons. The first-order valence-corrected chi connectivity index (χ1v) is 6.89. The maximum Gasteiger partial charge on any atom is 0.122 e. The van der Waals surface area contributed by atoms with Crippen molar-refractivity contribution in [1.82, 2.24) is 0 Å². The number of aromatic hydroxyl groups is 1.